The first-order valence-electron chi connectivity index (χ1n) is 7.26. The molecule has 2 aliphatic heterocycles. The summed E-state index contributed by atoms with van der Waals surface area (Å²) in [5.74, 6) is -2.47. The summed E-state index contributed by atoms with van der Waals surface area (Å²) in [6.45, 7) is 0.718. The van der Waals surface area contributed by atoms with Crippen LogP contribution in [-0.4, -0.2) is 36.2 Å². The molecule has 2 heterocycles. The van der Waals surface area contributed by atoms with Gasteiger partial charge in [-0.05, 0) is 17.8 Å². The predicted octanol–water partition coefficient (Wildman–Crippen LogP) is 1.29. The Bertz CT molecular complexity index is 798. The van der Waals surface area contributed by atoms with E-state index in [-0.39, 0.29) is 30.0 Å². The van der Waals surface area contributed by atoms with Crippen molar-refractivity contribution in [2.75, 3.05) is 18.5 Å². The number of imide groups is 1. The largest absolute Gasteiger partial charge is 0.491 e. The molecule has 0 aromatic heterocycles. The number of esters is 1. The highest BCUT2D eigenvalue weighted by molar-refractivity contribution is 8.15. The Morgan fingerprint density at radius 2 is 2.20 bits per heavy atom. The third-order valence-electron chi connectivity index (χ3n) is 3.72. The Morgan fingerprint density at radius 1 is 1.44 bits per heavy atom. The lowest BCUT2D eigenvalue weighted by Crippen LogP contribution is -2.39. The van der Waals surface area contributed by atoms with Crippen molar-refractivity contribution in [1.82, 2.24) is 5.32 Å². The molecular weight excluding hydrogens is 355 g/mol. The van der Waals surface area contributed by atoms with Gasteiger partial charge in [-0.3, -0.25) is 24.5 Å². The lowest BCUT2D eigenvalue weighted by atomic mass is 9.90. The minimum Gasteiger partial charge on any atom is -0.491 e. The number of rotatable bonds is 3. The second kappa shape index (κ2) is 6.36. The second-order valence-electron chi connectivity index (χ2n) is 5.43. The van der Waals surface area contributed by atoms with Crippen molar-refractivity contribution in [2.45, 2.75) is 18.1 Å². The zero-order chi connectivity index (χ0) is 18.2. The molecule has 1 spiro atoms. The van der Waals surface area contributed by atoms with Crippen LogP contribution in [0.1, 0.15) is 18.9 Å². The van der Waals surface area contributed by atoms with Crippen molar-refractivity contribution >= 4 is 40.5 Å². The molecule has 25 heavy (non-hydrogen) atoms. The van der Waals surface area contributed by atoms with Crippen LogP contribution < -0.4 is 15.4 Å². The fourth-order valence-corrected chi connectivity index (χ4v) is 3.74. The van der Waals surface area contributed by atoms with E-state index >= 15 is 0 Å². The summed E-state index contributed by atoms with van der Waals surface area (Å²) in [6.07, 6.45) is 0.187. The van der Waals surface area contributed by atoms with E-state index in [9.17, 15) is 23.6 Å². The monoisotopic (exact) mass is 368 g/mol. The van der Waals surface area contributed by atoms with E-state index in [1.54, 1.807) is 0 Å². The molecule has 1 aromatic carbocycles. The quantitative estimate of drug-likeness (QED) is 0.774. The maximum absolute atomic E-state index is 14.1. The number of hydrogen-bond acceptors (Lipinski definition) is 7. The zero-order valence-corrected chi connectivity index (χ0v) is 13.8. The highest BCUT2D eigenvalue weighted by Crippen LogP contribution is 2.52. The van der Waals surface area contributed by atoms with Gasteiger partial charge in [0.05, 0.1) is 12.3 Å². The van der Waals surface area contributed by atoms with Crippen LogP contribution in [-0.2, 0) is 23.9 Å². The van der Waals surface area contributed by atoms with Gasteiger partial charge in [-0.2, -0.15) is 0 Å². The number of benzene rings is 1. The molecular formula is C15H13FN2O6S. The summed E-state index contributed by atoms with van der Waals surface area (Å²) in [7, 11) is 0. The molecule has 0 aliphatic carbocycles. The van der Waals surface area contributed by atoms with Gasteiger partial charge in [-0.25, -0.2) is 4.39 Å². The predicted molar refractivity (Wildman–Crippen MR) is 84.6 cm³/mol. The SMILES string of the molecule is CC(=O)OCC(=O)Nc1cc(F)cc2c1OCCC21SC(=O)NC1=O. The lowest BCUT2D eigenvalue weighted by Gasteiger charge is -2.32. The average molecular weight is 368 g/mol. The minimum atomic E-state index is -1.29. The standard InChI is InChI=1S/C15H13FN2O6S/c1-7(19)24-6-11(20)17-10-5-8(16)4-9-12(10)23-3-2-15(9)13(21)18-14(22)25-15/h4-5H,2-3,6H2,1H3,(H,17,20)(H,18,21,22). The van der Waals surface area contributed by atoms with Crippen LogP contribution in [0.3, 0.4) is 0 Å². The van der Waals surface area contributed by atoms with E-state index in [1.807, 2.05) is 0 Å². The molecule has 10 heteroatoms. The molecule has 0 saturated carbocycles. The van der Waals surface area contributed by atoms with E-state index in [1.165, 1.54) is 0 Å². The van der Waals surface area contributed by atoms with Gasteiger partial charge in [-0.1, -0.05) is 0 Å². The summed E-state index contributed by atoms with van der Waals surface area (Å²) >= 11 is 0.762. The molecule has 1 fully saturated rings. The molecule has 1 saturated heterocycles. The number of nitrogens with one attached hydrogen (secondary N) is 2. The van der Waals surface area contributed by atoms with Crippen LogP contribution in [0.15, 0.2) is 12.1 Å². The molecule has 8 nitrogen and oxygen atoms in total. The summed E-state index contributed by atoms with van der Waals surface area (Å²) < 4.78 is 22.9. The number of fused-ring (bicyclic) bond motifs is 2. The highest BCUT2D eigenvalue weighted by Gasteiger charge is 2.53. The number of hydrogen-bond donors (Lipinski definition) is 2. The fraction of sp³-hybridized carbons (Fsp3) is 0.333. The number of anilines is 1. The maximum Gasteiger partial charge on any atom is 0.303 e. The van der Waals surface area contributed by atoms with Crippen LogP contribution in [0.25, 0.3) is 0 Å². The number of amides is 3. The van der Waals surface area contributed by atoms with Crippen molar-refractivity contribution in [3.8, 4) is 5.75 Å². The third kappa shape index (κ3) is 3.16. The summed E-state index contributed by atoms with van der Waals surface area (Å²) in [4.78, 5) is 46.5. The Kier molecular flexibility index (Phi) is 4.38. The van der Waals surface area contributed by atoms with Crippen molar-refractivity contribution in [2.24, 2.45) is 0 Å². The van der Waals surface area contributed by atoms with Gasteiger partial charge < -0.3 is 14.8 Å². The van der Waals surface area contributed by atoms with Gasteiger partial charge >= 0.3 is 5.97 Å². The fourth-order valence-electron chi connectivity index (χ4n) is 2.69. The molecule has 3 amide bonds. The molecule has 1 aromatic rings. The van der Waals surface area contributed by atoms with E-state index in [2.05, 4.69) is 15.4 Å². The summed E-state index contributed by atoms with van der Waals surface area (Å²) in [5.41, 5.74) is 0.175. The third-order valence-corrected chi connectivity index (χ3v) is 4.96. The second-order valence-corrected chi connectivity index (χ2v) is 6.70. The van der Waals surface area contributed by atoms with Crippen molar-refractivity contribution < 1.29 is 33.0 Å². The van der Waals surface area contributed by atoms with Gasteiger partial charge in [0.1, 0.15) is 16.3 Å². The topological polar surface area (TPSA) is 111 Å². The molecule has 132 valence electrons. The highest BCUT2D eigenvalue weighted by atomic mass is 32.2. The van der Waals surface area contributed by atoms with Crippen LogP contribution in [0.4, 0.5) is 14.9 Å². The summed E-state index contributed by atoms with van der Waals surface area (Å²) in [5, 5.41) is 4.06. The van der Waals surface area contributed by atoms with Crippen molar-refractivity contribution in [1.29, 1.82) is 0 Å². The van der Waals surface area contributed by atoms with Gasteiger partial charge in [0.25, 0.3) is 11.1 Å². The minimum absolute atomic E-state index is 0.000948. The number of carbonyl (C=O) groups excluding carboxylic acids is 4. The summed E-state index contributed by atoms with van der Waals surface area (Å²) in [6, 6.07) is 2.14. The normalized spacial score (nSPS) is 21.4. The van der Waals surface area contributed by atoms with Gasteiger partial charge in [0.2, 0.25) is 5.91 Å². The van der Waals surface area contributed by atoms with E-state index < -0.39 is 40.2 Å². The number of halogens is 1. The number of thioether (sulfide) groups is 1. The van der Waals surface area contributed by atoms with E-state index in [0.717, 1.165) is 30.8 Å². The number of ether oxygens (including phenoxy) is 2. The van der Waals surface area contributed by atoms with Gasteiger partial charge in [0, 0.05) is 25.0 Å². The van der Waals surface area contributed by atoms with Crippen LogP contribution in [0.5, 0.6) is 5.75 Å². The first-order valence-corrected chi connectivity index (χ1v) is 8.08. The van der Waals surface area contributed by atoms with Crippen LogP contribution in [0.2, 0.25) is 0 Å². The van der Waals surface area contributed by atoms with Crippen molar-refractivity contribution in [3.63, 3.8) is 0 Å². The van der Waals surface area contributed by atoms with Crippen LogP contribution in [0, 0.1) is 5.82 Å². The van der Waals surface area contributed by atoms with Gasteiger partial charge in [-0.15, -0.1) is 0 Å². The smallest absolute Gasteiger partial charge is 0.303 e. The van der Waals surface area contributed by atoms with Gasteiger partial charge in [0.15, 0.2) is 6.61 Å². The molecule has 3 rings (SSSR count). The Hall–Kier alpha value is -2.62. The molecule has 1 unspecified atom stereocenters. The Morgan fingerprint density at radius 3 is 2.84 bits per heavy atom. The van der Waals surface area contributed by atoms with E-state index in [4.69, 9.17) is 4.74 Å². The molecule has 0 bridgehead atoms. The molecule has 1 atom stereocenters. The van der Waals surface area contributed by atoms with Crippen LogP contribution >= 0.6 is 11.8 Å². The Balaban J connectivity index is 1.96. The molecule has 2 N–H and O–H groups in total. The zero-order valence-electron chi connectivity index (χ0n) is 13.0. The first kappa shape index (κ1) is 17.2. The first-order chi connectivity index (χ1) is 11.8. The maximum atomic E-state index is 14.1. The number of carbonyl (C=O) groups is 4. The average Bonchev–Trinajstić information content (AvgIpc) is 2.81. The lowest BCUT2D eigenvalue weighted by molar-refractivity contribution is -0.144. The molecule has 2 aliphatic rings. The molecule has 0 radical (unpaired) electrons. The Labute approximate surface area is 145 Å². The van der Waals surface area contributed by atoms with E-state index in [0.29, 0.717) is 0 Å². The van der Waals surface area contributed by atoms with Crippen molar-refractivity contribution in [3.05, 3.63) is 23.5 Å².